The summed E-state index contributed by atoms with van der Waals surface area (Å²) in [7, 11) is 0. The molecule has 0 spiro atoms. The average Bonchev–Trinajstić information content (AvgIpc) is 3.67. The predicted octanol–water partition coefficient (Wildman–Crippen LogP) is 4.57. The third-order valence-corrected chi connectivity index (χ3v) is 7.04. The molecule has 35 heavy (non-hydrogen) atoms. The lowest BCUT2D eigenvalue weighted by Gasteiger charge is -2.36. The molecule has 2 saturated heterocycles. The number of hydrogen-bond donors (Lipinski definition) is 0. The van der Waals surface area contributed by atoms with E-state index in [1.165, 1.54) is 0 Å². The minimum atomic E-state index is -0.0230. The number of oxazole rings is 2. The normalized spacial score (nSPS) is 17.7. The van der Waals surface area contributed by atoms with E-state index in [1.807, 2.05) is 34.1 Å². The summed E-state index contributed by atoms with van der Waals surface area (Å²) in [6, 6.07) is 13.4. The van der Waals surface area contributed by atoms with Gasteiger partial charge in [-0.25, -0.2) is 4.98 Å². The number of anilines is 1. The van der Waals surface area contributed by atoms with Gasteiger partial charge in [-0.1, -0.05) is 12.1 Å². The Morgan fingerprint density at radius 1 is 0.971 bits per heavy atom. The molecule has 178 valence electrons. The molecule has 0 atom stereocenters. The van der Waals surface area contributed by atoms with E-state index >= 15 is 0 Å². The van der Waals surface area contributed by atoms with Crippen molar-refractivity contribution in [2.75, 3.05) is 31.1 Å². The Morgan fingerprint density at radius 2 is 1.77 bits per heavy atom. The number of piperidine rings is 2. The van der Waals surface area contributed by atoms with Crippen LogP contribution in [0.5, 0.6) is 0 Å². The van der Waals surface area contributed by atoms with E-state index in [0.29, 0.717) is 43.5 Å². The Labute approximate surface area is 201 Å². The van der Waals surface area contributed by atoms with Gasteiger partial charge < -0.3 is 23.1 Å². The van der Waals surface area contributed by atoms with Crippen LogP contribution in [0.15, 0.2) is 55.9 Å². The molecule has 0 aliphatic carbocycles. The van der Waals surface area contributed by atoms with Crippen molar-refractivity contribution in [3.05, 3.63) is 54.2 Å². The largest absolute Gasteiger partial charge is 0.459 e. The number of benzene rings is 1. The van der Waals surface area contributed by atoms with E-state index in [2.05, 4.69) is 16.0 Å². The number of rotatable bonds is 4. The summed E-state index contributed by atoms with van der Waals surface area (Å²) in [6.45, 7) is 2.71. The van der Waals surface area contributed by atoms with Gasteiger partial charge in [-0.05, 0) is 49.9 Å². The number of carbonyl (C=O) groups is 1. The summed E-state index contributed by atoms with van der Waals surface area (Å²) in [6.07, 6.45) is 4.68. The molecule has 3 aromatic heterocycles. The van der Waals surface area contributed by atoms with Gasteiger partial charge in [-0.2, -0.15) is 10.2 Å². The Hall–Kier alpha value is -4.06. The number of nitriles is 1. The van der Waals surface area contributed by atoms with Gasteiger partial charge in [-0.3, -0.25) is 4.79 Å². The van der Waals surface area contributed by atoms with Gasteiger partial charge in [0.1, 0.15) is 11.6 Å². The van der Waals surface area contributed by atoms with Crippen LogP contribution in [0, 0.1) is 17.2 Å². The lowest BCUT2D eigenvalue weighted by atomic mass is 9.92. The molecule has 0 unspecified atom stereocenters. The first-order valence-corrected chi connectivity index (χ1v) is 12.0. The first kappa shape index (κ1) is 21.5. The van der Waals surface area contributed by atoms with E-state index in [-0.39, 0.29) is 23.4 Å². The molecular formula is C26H25N5O4. The van der Waals surface area contributed by atoms with Crippen molar-refractivity contribution in [1.82, 2.24) is 14.9 Å². The van der Waals surface area contributed by atoms with Crippen LogP contribution in [0.2, 0.25) is 0 Å². The highest BCUT2D eigenvalue weighted by molar-refractivity contribution is 5.79. The number of nitrogens with zero attached hydrogens (tertiary/aromatic N) is 5. The van der Waals surface area contributed by atoms with Gasteiger partial charge in [0.15, 0.2) is 17.2 Å². The molecule has 1 aromatic carbocycles. The summed E-state index contributed by atoms with van der Waals surface area (Å²) in [5, 5.41) is 9.51. The zero-order valence-corrected chi connectivity index (χ0v) is 19.2. The summed E-state index contributed by atoms with van der Waals surface area (Å²) >= 11 is 0. The van der Waals surface area contributed by atoms with Crippen molar-refractivity contribution in [2.45, 2.75) is 31.6 Å². The van der Waals surface area contributed by atoms with Gasteiger partial charge in [0.25, 0.3) is 5.89 Å². The van der Waals surface area contributed by atoms with Crippen molar-refractivity contribution in [3.8, 4) is 17.7 Å². The van der Waals surface area contributed by atoms with Crippen LogP contribution in [0.1, 0.15) is 43.2 Å². The average molecular weight is 472 g/mol. The second kappa shape index (κ2) is 8.95. The Balaban J connectivity index is 1.05. The SMILES string of the molecule is N#Cc1nc(-c2ccco2)oc1N1CCC(C(=O)N2CCC(c3nc4ccccc4o3)CC2)CC1. The molecule has 6 rings (SSSR count). The predicted molar refractivity (Wildman–Crippen MR) is 126 cm³/mol. The van der Waals surface area contributed by atoms with Crippen LogP contribution in [-0.4, -0.2) is 47.0 Å². The van der Waals surface area contributed by atoms with Gasteiger partial charge in [0.05, 0.1) is 6.26 Å². The monoisotopic (exact) mass is 471 g/mol. The molecule has 9 nitrogen and oxygen atoms in total. The second-order valence-electron chi connectivity index (χ2n) is 9.14. The second-order valence-corrected chi connectivity index (χ2v) is 9.14. The summed E-state index contributed by atoms with van der Waals surface area (Å²) in [4.78, 5) is 26.1. The van der Waals surface area contributed by atoms with Crippen LogP contribution in [0.25, 0.3) is 22.8 Å². The van der Waals surface area contributed by atoms with E-state index < -0.39 is 0 Å². The third kappa shape index (κ3) is 4.05. The number of amides is 1. The van der Waals surface area contributed by atoms with Crippen LogP contribution < -0.4 is 4.90 Å². The number of hydrogen-bond acceptors (Lipinski definition) is 8. The fourth-order valence-corrected chi connectivity index (χ4v) is 5.10. The molecule has 2 aliphatic rings. The van der Waals surface area contributed by atoms with E-state index in [0.717, 1.165) is 42.9 Å². The standard InChI is InChI=1S/C26H25N5O4/c27-16-20-26(35-24(29-20)22-6-3-15-33-22)31-13-9-18(10-14-31)25(32)30-11-7-17(8-12-30)23-28-19-4-1-2-5-21(19)34-23/h1-6,15,17-18H,7-14H2. The molecule has 9 heteroatoms. The van der Waals surface area contributed by atoms with Crippen molar-refractivity contribution in [1.29, 1.82) is 5.26 Å². The molecule has 0 bridgehead atoms. The summed E-state index contributed by atoms with van der Waals surface area (Å²) in [5.41, 5.74) is 1.94. The van der Waals surface area contributed by atoms with E-state index in [4.69, 9.17) is 13.3 Å². The molecular weight excluding hydrogens is 446 g/mol. The molecule has 4 aromatic rings. The van der Waals surface area contributed by atoms with Gasteiger partial charge in [0.2, 0.25) is 17.5 Å². The zero-order chi connectivity index (χ0) is 23.8. The van der Waals surface area contributed by atoms with Crippen molar-refractivity contribution in [3.63, 3.8) is 0 Å². The van der Waals surface area contributed by atoms with Crippen LogP contribution >= 0.6 is 0 Å². The van der Waals surface area contributed by atoms with Crippen molar-refractivity contribution < 1.29 is 18.0 Å². The maximum absolute atomic E-state index is 13.2. The first-order valence-electron chi connectivity index (χ1n) is 12.0. The Morgan fingerprint density at radius 3 is 2.49 bits per heavy atom. The summed E-state index contributed by atoms with van der Waals surface area (Å²) < 4.78 is 17.2. The van der Waals surface area contributed by atoms with E-state index in [9.17, 15) is 10.1 Å². The van der Waals surface area contributed by atoms with Gasteiger partial charge in [0, 0.05) is 38.0 Å². The van der Waals surface area contributed by atoms with Crippen molar-refractivity contribution in [2.24, 2.45) is 5.92 Å². The number of aromatic nitrogens is 2. The lowest BCUT2D eigenvalue weighted by Crippen LogP contribution is -2.45. The molecule has 1 amide bonds. The minimum absolute atomic E-state index is 0.0230. The fourth-order valence-electron chi connectivity index (χ4n) is 5.10. The van der Waals surface area contributed by atoms with Crippen LogP contribution in [0.4, 0.5) is 5.88 Å². The fraction of sp³-hybridized carbons (Fsp3) is 0.385. The highest BCUT2D eigenvalue weighted by Gasteiger charge is 2.34. The third-order valence-electron chi connectivity index (χ3n) is 7.04. The van der Waals surface area contributed by atoms with Crippen LogP contribution in [0.3, 0.4) is 0 Å². The topological polar surface area (TPSA) is 113 Å². The Bertz CT molecular complexity index is 1330. The minimum Gasteiger partial charge on any atom is -0.459 e. The number of likely N-dealkylation sites (tertiary alicyclic amines) is 1. The van der Waals surface area contributed by atoms with Crippen LogP contribution in [-0.2, 0) is 4.79 Å². The lowest BCUT2D eigenvalue weighted by molar-refractivity contribution is -0.137. The number of furan rings is 1. The number of carbonyl (C=O) groups excluding carboxylic acids is 1. The molecule has 2 fully saturated rings. The summed E-state index contributed by atoms with van der Waals surface area (Å²) in [5.74, 6) is 2.44. The van der Waals surface area contributed by atoms with Gasteiger partial charge >= 0.3 is 0 Å². The number of fused-ring (bicyclic) bond motifs is 1. The number of para-hydroxylation sites is 2. The highest BCUT2D eigenvalue weighted by atomic mass is 16.4. The quantitative estimate of drug-likeness (QED) is 0.425. The molecule has 2 aliphatic heterocycles. The molecule has 0 N–H and O–H groups in total. The molecule has 0 saturated carbocycles. The molecule has 5 heterocycles. The highest BCUT2D eigenvalue weighted by Crippen LogP contribution is 2.34. The van der Waals surface area contributed by atoms with E-state index in [1.54, 1.807) is 18.4 Å². The van der Waals surface area contributed by atoms with Crippen molar-refractivity contribution >= 4 is 22.9 Å². The maximum atomic E-state index is 13.2. The first-order chi connectivity index (χ1) is 17.2. The smallest absolute Gasteiger partial charge is 0.266 e. The molecule has 0 radical (unpaired) electrons. The zero-order valence-electron chi connectivity index (χ0n) is 19.2. The Kier molecular flexibility index (Phi) is 5.49. The van der Waals surface area contributed by atoms with Gasteiger partial charge in [-0.15, -0.1) is 0 Å². The maximum Gasteiger partial charge on any atom is 0.266 e.